The van der Waals surface area contributed by atoms with E-state index in [0.29, 0.717) is 12.0 Å². The fraction of sp³-hybridized carbons (Fsp3) is 0.412. The number of aromatic nitrogens is 2. The molecule has 2 heterocycles. The van der Waals surface area contributed by atoms with Gasteiger partial charge in [-0.25, -0.2) is 4.79 Å². The van der Waals surface area contributed by atoms with Crippen molar-refractivity contribution in [2.45, 2.75) is 40.2 Å². The molecular weight excluding hydrogens is 356 g/mol. The molecule has 0 aliphatic heterocycles. The van der Waals surface area contributed by atoms with Crippen molar-refractivity contribution >= 4 is 34.1 Å². The average Bonchev–Trinajstić information content (AvgIpc) is 3.15. The number of anilines is 1. The lowest BCUT2D eigenvalue weighted by molar-refractivity contribution is -0.119. The van der Waals surface area contributed by atoms with Gasteiger partial charge in [0.15, 0.2) is 0 Å². The summed E-state index contributed by atoms with van der Waals surface area (Å²) >= 11 is 0.966. The van der Waals surface area contributed by atoms with Gasteiger partial charge in [-0.15, -0.1) is 11.3 Å². The molecule has 0 saturated heterocycles. The van der Waals surface area contributed by atoms with Gasteiger partial charge in [0, 0.05) is 11.9 Å². The molecular formula is C17H22N4O4S. The summed E-state index contributed by atoms with van der Waals surface area (Å²) in [5.41, 5.74) is 6.77. The van der Waals surface area contributed by atoms with Crippen LogP contribution >= 0.6 is 11.3 Å². The van der Waals surface area contributed by atoms with E-state index in [1.807, 2.05) is 13.8 Å². The summed E-state index contributed by atoms with van der Waals surface area (Å²) in [4.78, 5) is 36.8. The molecule has 1 atom stereocenters. The van der Waals surface area contributed by atoms with Crippen molar-refractivity contribution in [3.05, 3.63) is 34.0 Å². The van der Waals surface area contributed by atoms with Crippen molar-refractivity contribution in [2.24, 2.45) is 5.73 Å². The Morgan fingerprint density at radius 2 is 2.08 bits per heavy atom. The third kappa shape index (κ3) is 3.93. The first kappa shape index (κ1) is 19.6. The van der Waals surface area contributed by atoms with E-state index in [2.05, 4.69) is 10.4 Å². The number of aryl methyl sites for hydroxylation is 1. The first-order valence-electron chi connectivity index (χ1n) is 8.19. The number of nitrogens with two attached hydrogens (primary N) is 1. The second-order valence-electron chi connectivity index (χ2n) is 5.84. The molecule has 0 aromatic carbocycles. The molecule has 0 aliphatic rings. The number of esters is 1. The maximum absolute atomic E-state index is 12.6. The average molecular weight is 378 g/mol. The molecule has 0 aliphatic carbocycles. The molecule has 0 spiro atoms. The Kier molecular flexibility index (Phi) is 6.14. The zero-order valence-corrected chi connectivity index (χ0v) is 16.0. The minimum absolute atomic E-state index is 0.162. The van der Waals surface area contributed by atoms with Gasteiger partial charge in [-0.1, -0.05) is 6.92 Å². The van der Waals surface area contributed by atoms with Gasteiger partial charge in [0.05, 0.1) is 17.0 Å². The van der Waals surface area contributed by atoms with E-state index in [1.165, 1.54) is 0 Å². The van der Waals surface area contributed by atoms with Gasteiger partial charge in [-0.05, 0) is 38.8 Å². The number of carbonyl (C=O) groups excluding carboxylic acids is 3. The molecule has 0 saturated carbocycles. The van der Waals surface area contributed by atoms with Crippen molar-refractivity contribution in [1.82, 2.24) is 9.78 Å². The summed E-state index contributed by atoms with van der Waals surface area (Å²) in [5.74, 6) is -1.61. The van der Waals surface area contributed by atoms with Gasteiger partial charge < -0.3 is 15.8 Å². The number of ether oxygens (including phenoxy) is 1. The zero-order valence-electron chi connectivity index (χ0n) is 15.2. The summed E-state index contributed by atoms with van der Waals surface area (Å²) in [6.45, 7) is 7.26. The second-order valence-corrected chi connectivity index (χ2v) is 6.86. The molecule has 1 unspecified atom stereocenters. The first-order valence-corrected chi connectivity index (χ1v) is 9.00. The number of nitrogens with zero attached hydrogens (tertiary/aromatic N) is 2. The summed E-state index contributed by atoms with van der Waals surface area (Å²) in [7, 11) is 0. The van der Waals surface area contributed by atoms with Gasteiger partial charge in [0.1, 0.15) is 11.0 Å². The molecule has 2 amide bonds. The van der Waals surface area contributed by atoms with Crippen LogP contribution in [0.2, 0.25) is 0 Å². The number of hydrogen-bond donors (Lipinski definition) is 2. The van der Waals surface area contributed by atoms with Crippen molar-refractivity contribution in [3.8, 4) is 0 Å². The molecule has 2 aromatic heterocycles. The van der Waals surface area contributed by atoms with Gasteiger partial charge in [0.25, 0.3) is 5.91 Å². The Morgan fingerprint density at radius 3 is 2.62 bits per heavy atom. The van der Waals surface area contributed by atoms with E-state index in [0.717, 1.165) is 17.0 Å². The lowest BCUT2D eigenvalue weighted by Crippen LogP contribution is -2.25. The zero-order chi connectivity index (χ0) is 19.4. The van der Waals surface area contributed by atoms with E-state index in [9.17, 15) is 14.4 Å². The van der Waals surface area contributed by atoms with Crippen molar-refractivity contribution in [2.75, 3.05) is 11.9 Å². The van der Waals surface area contributed by atoms with E-state index >= 15 is 0 Å². The van der Waals surface area contributed by atoms with Gasteiger partial charge in [0.2, 0.25) is 5.91 Å². The highest BCUT2D eigenvalue weighted by Crippen LogP contribution is 2.34. The Labute approximate surface area is 155 Å². The van der Waals surface area contributed by atoms with Crippen molar-refractivity contribution in [1.29, 1.82) is 0 Å². The minimum Gasteiger partial charge on any atom is -0.462 e. The first-order chi connectivity index (χ1) is 12.3. The summed E-state index contributed by atoms with van der Waals surface area (Å²) in [6.07, 6.45) is 2.27. The highest BCUT2D eigenvalue weighted by atomic mass is 32.1. The van der Waals surface area contributed by atoms with Crippen LogP contribution in [0.3, 0.4) is 0 Å². The monoisotopic (exact) mass is 378 g/mol. The fourth-order valence-electron chi connectivity index (χ4n) is 2.46. The smallest absolute Gasteiger partial charge is 0.341 e. The number of amides is 2. The fourth-order valence-corrected chi connectivity index (χ4v) is 3.51. The van der Waals surface area contributed by atoms with Crippen LogP contribution in [0, 0.1) is 13.8 Å². The van der Waals surface area contributed by atoms with Crippen LogP contribution in [0.5, 0.6) is 0 Å². The van der Waals surface area contributed by atoms with Crippen LogP contribution in [-0.2, 0) is 9.53 Å². The maximum atomic E-state index is 12.6. The molecule has 3 N–H and O–H groups in total. The van der Waals surface area contributed by atoms with Crippen molar-refractivity contribution in [3.63, 3.8) is 0 Å². The predicted octanol–water partition coefficient (Wildman–Crippen LogP) is 2.43. The molecule has 9 heteroatoms. The van der Waals surface area contributed by atoms with E-state index in [1.54, 1.807) is 30.8 Å². The van der Waals surface area contributed by atoms with Gasteiger partial charge >= 0.3 is 5.97 Å². The van der Waals surface area contributed by atoms with Crippen LogP contribution < -0.4 is 11.1 Å². The third-order valence-electron chi connectivity index (χ3n) is 3.86. The minimum atomic E-state index is -0.659. The van der Waals surface area contributed by atoms with E-state index < -0.39 is 17.9 Å². The number of rotatable bonds is 7. The number of hydrogen-bond acceptors (Lipinski definition) is 6. The van der Waals surface area contributed by atoms with Crippen LogP contribution in [0.4, 0.5) is 5.00 Å². The normalized spacial score (nSPS) is 11.8. The molecule has 140 valence electrons. The van der Waals surface area contributed by atoms with Crippen LogP contribution in [-0.4, -0.2) is 34.2 Å². The lowest BCUT2D eigenvalue weighted by Gasteiger charge is -2.14. The summed E-state index contributed by atoms with van der Waals surface area (Å²) in [6, 6.07) is 1.20. The van der Waals surface area contributed by atoms with Crippen molar-refractivity contribution < 1.29 is 19.1 Å². The number of carbonyl (C=O) groups is 3. The standard InChI is InChI=1S/C17H22N4O4S/c1-5-8-25-17(24)12-10(3)13(14(18)22)26-16(12)20-15(23)11(4)21-9(2)6-7-19-21/h6-7,11H,5,8H2,1-4H3,(H2,18,22)(H,20,23). The summed E-state index contributed by atoms with van der Waals surface area (Å²) in [5, 5.41) is 7.08. The van der Waals surface area contributed by atoms with Crippen LogP contribution in [0.25, 0.3) is 0 Å². The molecule has 0 fully saturated rings. The number of nitrogens with one attached hydrogen (secondary N) is 1. The largest absolute Gasteiger partial charge is 0.462 e. The molecule has 0 radical (unpaired) electrons. The Hall–Kier alpha value is -2.68. The topological polar surface area (TPSA) is 116 Å². The van der Waals surface area contributed by atoms with E-state index in [4.69, 9.17) is 10.5 Å². The number of primary amides is 1. The Bertz CT molecular complexity index is 840. The molecule has 8 nitrogen and oxygen atoms in total. The lowest BCUT2D eigenvalue weighted by atomic mass is 10.1. The summed E-state index contributed by atoms with van der Waals surface area (Å²) < 4.78 is 6.74. The second kappa shape index (κ2) is 8.13. The quantitative estimate of drug-likeness (QED) is 0.718. The SMILES string of the molecule is CCCOC(=O)c1c(NC(=O)C(C)n2nccc2C)sc(C(N)=O)c1C. The molecule has 26 heavy (non-hydrogen) atoms. The molecule has 2 aromatic rings. The maximum Gasteiger partial charge on any atom is 0.341 e. The highest BCUT2D eigenvalue weighted by Gasteiger charge is 2.27. The van der Waals surface area contributed by atoms with Gasteiger partial charge in [-0.2, -0.15) is 5.10 Å². The third-order valence-corrected chi connectivity index (χ3v) is 5.08. The Morgan fingerprint density at radius 1 is 1.38 bits per heavy atom. The van der Waals surface area contributed by atoms with Crippen LogP contribution in [0.1, 0.15) is 57.6 Å². The highest BCUT2D eigenvalue weighted by molar-refractivity contribution is 7.18. The Balaban J connectivity index is 2.34. The molecule has 0 bridgehead atoms. The van der Waals surface area contributed by atoms with E-state index in [-0.39, 0.29) is 28.0 Å². The van der Waals surface area contributed by atoms with Gasteiger partial charge in [-0.3, -0.25) is 14.3 Å². The van der Waals surface area contributed by atoms with Crippen LogP contribution in [0.15, 0.2) is 12.3 Å². The number of thiophene rings is 1. The molecule has 2 rings (SSSR count). The predicted molar refractivity (Wildman–Crippen MR) is 98.5 cm³/mol.